The number of para-hydroxylation sites is 1. The Bertz CT molecular complexity index is 793. The molecule has 1 N–H and O–H groups in total. The first kappa shape index (κ1) is 13.3. The number of carbonyl (C=O) groups excluding carboxylic acids is 1. The Morgan fingerprint density at radius 2 is 2.05 bits per heavy atom. The molecule has 0 atom stereocenters. The van der Waals surface area contributed by atoms with Gasteiger partial charge in [-0.05, 0) is 12.1 Å². The Balaban J connectivity index is 1.82. The number of nitrogens with zero attached hydrogens (tertiary/aromatic N) is 2. The van der Waals surface area contributed by atoms with Crippen molar-refractivity contribution < 1.29 is 9.32 Å². The van der Waals surface area contributed by atoms with Gasteiger partial charge >= 0.3 is 0 Å². The minimum atomic E-state index is -0.253. The highest BCUT2D eigenvalue weighted by molar-refractivity contribution is 6.05. The largest absolute Gasteiger partial charge is 0.359 e. The van der Waals surface area contributed by atoms with Crippen LogP contribution >= 0.6 is 0 Å². The normalized spacial score (nSPS) is 11.0. The quantitative estimate of drug-likeness (QED) is 0.796. The molecule has 0 saturated carbocycles. The fourth-order valence-electron chi connectivity index (χ4n) is 2.00. The van der Waals surface area contributed by atoms with Crippen LogP contribution in [0.1, 0.15) is 35.9 Å². The van der Waals surface area contributed by atoms with Crippen LogP contribution in [0, 0.1) is 0 Å². The van der Waals surface area contributed by atoms with Gasteiger partial charge in [0.15, 0.2) is 5.82 Å². The summed E-state index contributed by atoms with van der Waals surface area (Å²) in [6.07, 6.45) is 1.56. The summed E-state index contributed by atoms with van der Waals surface area (Å²) in [7, 11) is 0. The van der Waals surface area contributed by atoms with Gasteiger partial charge in [-0.2, -0.15) is 0 Å². The van der Waals surface area contributed by atoms with Gasteiger partial charge in [-0.1, -0.05) is 37.2 Å². The molecule has 0 spiro atoms. The molecule has 2 heterocycles. The molecule has 0 aliphatic heterocycles. The minimum Gasteiger partial charge on any atom is -0.359 e. The number of hydrogen-bond donors (Lipinski definition) is 1. The van der Waals surface area contributed by atoms with Gasteiger partial charge in [-0.15, -0.1) is 0 Å². The number of nitrogens with one attached hydrogen (secondary N) is 1. The number of anilines is 1. The minimum absolute atomic E-state index is 0.227. The highest BCUT2D eigenvalue weighted by atomic mass is 16.5. The van der Waals surface area contributed by atoms with Gasteiger partial charge < -0.3 is 9.84 Å². The maximum atomic E-state index is 12.2. The van der Waals surface area contributed by atoms with Crippen LogP contribution in [-0.2, 0) is 0 Å². The van der Waals surface area contributed by atoms with E-state index in [4.69, 9.17) is 4.52 Å². The summed E-state index contributed by atoms with van der Waals surface area (Å²) < 4.78 is 5.15. The Morgan fingerprint density at radius 1 is 1.24 bits per heavy atom. The number of amides is 1. The molecule has 3 rings (SSSR count). The Morgan fingerprint density at radius 3 is 2.81 bits per heavy atom. The molecule has 0 bridgehead atoms. The zero-order valence-corrected chi connectivity index (χ0v) is 11.8. The standard InChI is InChI=1S/C16H15N3O2/c1-10(2)14-8-15(19-21-14)18-16(20)12-7-11-5-3-4-6-13(11)17-9-12/h3-10H,1-2H3,(H,18,19,20). The predicted octanol–water partition coefficient (Wildman–Crippen LogP) is 3.60. The summed E-state index contributed by atoms with van der Waals surface area (Å²) in [5.41, 5.74) is 1.35. The maximum Gasteiger partial charge on any atom is 0.258 e. The van der Waals surface area contributed by atoms with Crippen LogP contribution in [0.2, 0.25) is 0 Å². The van der Waals surface area contributed by atoms with Gasteiger partial charge in [0.25, 0.3) is 5.91 Å². The number of aromatic nitrogens is 2. The van der Waals surface area contributed by atoms with E-state index in [1.165, 1.54) is 0 Å². The molecule has 0 radical (unpaired) electrons. The number of carbonyl (C=O) groups is 1. The van der Waals surface area contributed by atoms with E-state index in [0.29, 0.717) is 11.4 Å². The maximum absolute atomic E-state index is 12.2. The van der Waals surface area contributed by atoms with Gasteiger partial charge in [0.1, 0.15) is 5.76 Å². The fraction of sp³-hybridized carbons (Fsp3) is 0.188. The summed E-state index contributed by atoms with van der Waals surface area (Å²) in [5, 5.41) is 7.48. The van der Waals surface area contributed by atoms with Crippen LogP contribution in [0.15, 0.2) is 47.1 Å². The molecule has 1 aromatic carbocycles. The molecule has 0 unspecified atom stereocenters. The van der Waals surface area contributed by atoms with Gasteiger partial charge in [0.2, 0.25) is 0 Å². The van der Waals surface area contributed by atoms with Crippen LogP contribution in [0.5, 0.6) is 0 Å². The average molecular weight is 281 g/mol. The van der Waals surface area contributed by atoms with E-state index < -0.39 is 0 Å². The highest BCUT2D eigenvalue weighted by Gasteiger charge is 2.12. The van der Waals surface area contributed by atoms with Crippen LogP contribution in [-0.4, -0.2) is 16.0 Å². The first-order valence-electron chi connectivity index (χ1n) is 6.76. The lowest BCUT2D eigenvalue weighted by Gasteiger charge is -2.02. The molecular formula is C16H15N3O2. The van der Waals surface area contributed by atoms with Crippen molar-refractivity contribution in [1.82, 2.24) is 10.1 Å². The van der Waals surface area contributed by atoms with E-state index in [-0.39, 0.29) is 11.8 Å². The highest BCUT2D eigenvalue weighted by Crippen LogP contribution is 2.19. The van der Waals surface area contributed by atoms with Gasteiger partial charge in [0, 0.05) is 23.6 Å². The zero-order chi connectivity index (χ0) is 14.8. The van der Waals surface area contributed by atoms with Crippen molar-refractivity contribution in [2.24, 2.45) is 0 Å². The second-order valence-corrected chi connectivity index (χ2v) is 5.14. The first-order valence-corrected chi connectivity index (χ1v) is 6.76. The third-order valence-corrected chi connectivity index (χ3v) is 3.19. The number of fused-ring (bicyclic) bond motifs is 1. The van der Waals surface area contributed by atoms with Crippen LogP contribution in [0.4, 0.5) is 5.82 Å². The Labute approximate surface area is 122 Å². The number of rotatable bonds is 3. The molecule has 21 heavy (non-hydrogen) atoms. The van der Waals surface area contributed by atoms with E-state index in [9.17, 15) is 4.79 Å². The summed E-state index contributed by atoms with van der Waals surface area (Å²) in [6.45, 7) is 4.00. The van der Waals surface area contributed by atoms with Crippen LogP contribution in [0.25, 0.3) is 10.9 Å². The van der Waals surface area contributed by atoms with Crippen molar-refractivity contribution in [3.8, 4) is 0 Å². The third kappa shape index (κ3) is 2.76. The predicted molar refractivity (Wildman–Crippen MR) is 80.3 cm³/mol. The Hall–Kier alpha value is -2.69. The molecule has 106 valence electrons. The molecule has 0 fully saturated rings. The van der Waals surface area contributed by atoms with Crippen molar-refractivity contribution in [3.63, 3.8) is 0 Å². The molecule has 3 aromatic rings. The average Bonchev–Trinajstić information content (AvgIpc) is 2.95. The molecule has 2 aromatic heterocycles. The second-order valence-electron chi connectivity index (χ2n) is 5.14. The van der Waals surface area contributed by atoms with Crippen molar-refractivity contribution in [1.29, 1.82) is 0 Å². The zero-order valence-electron chi connectivity index (χ0n) is 11.8. The second kappa shape index (κ2) is 5.36. The van der Waals surface area contributed by atoms with E-state index in [0.717, 1.165) is 16.7 Å². The number of hydrogen-bond acceptors (Lipinski definition) is 4. The summed E-state index contributed by atoms with van der Waals surface area (Å²) in [5.74, 6) is 1.13. The van der Waals surface area contributed by atoms with E-state index in [2.05, 4.69) is 15.5 Å². The molecule has 0 saturated heterocycles. The summed E-state index contributed by atoms with van der Waals surface area (Å²) in [4.78, 5) is 16.5. The topological polar surface area (TPSA) is 68.0 Å². The Kier molecular flexibility index (Phi) is 3.39. The van der Waals surface area contributed by atoms with Gasteiger partial charge in [-0.25, -0.2) is 0 Å². The third-order valence-electron chi connectivity index (χ3n) is 3.19. The van der Waals surface area contributed by atoms with Crippen molar-refractivity contribution in [2.45, 2.75) is 19.8 Å². The summed E-state index contributed by atoms with van der Waals surface area (Å²) in [6, 6.07) is 11.2. The monoisotopic (exact) mass is 281 g/mol. The van der Waals surface area contributed by atoms with E-state index in [1.807, 2.05) is 38.1 Å². The van der Waals surface area contributed by atoms with Crippen LogP contribution < -0.4 is 5.32 Å². The molecule has 0 aliphatic rings. The summed E-state index contributed by atoms with van der Waals surface area (Å²) >= 11 is 0. The molecule has 5 heteroatoms. The van der Waals surface area contributed by atoms with Crippen molar-refractivity contribution in [2.75, 3.05) is 5.32 Å². The number of pyridine rings is 1. The van der Waals surface area contributed by atoms with Crippen LogP contribution in [0.3, 0.4) is 0 Å². The van der Waals surface area contributed by atoms with E-state index >= 15 is 0 Å². The van der Waals surface area contributed by atoms with Crippen molar-refractivity contribution in [3.05, 3.63) is 53.9 Å². The first-order chi connectivity index (χ1) is 10.1. The fourth-order valence-corrected chi connectivity index (χ4v) is 2.00. The lowest BCUT2D eigenvalue weighted by Crippen LogP contribution is -2.12. The molecule has 1 amide bonds. The lowest BCUT2D eigenvalue weighted by atomic mass is 10.1. The van der Waals surface area contributed by atoms with Gasteiger partial charge in [-0.3, -0.25) is 9.78 Å². The SMILES string of the molecule is CC(C)c1cc(NC(=O)c2cnc3ccccc3c2)no1. The molecule has 5 nitrogen and oxygen atoms in total. The lowest BCUT2D eigenvalue weighted by molar-refractivity contribution is 0.102. The molecular weight excluding hydrogens is 266 g/mol. The molecule has 0 aliphatic carbocycles. The van der Waals surface area contributed by atoms with Crippen molar-refractivity contribution >= 4 is 22.6 Å². The smallest absolute Gasteiger partial charge is 0.258 e. The van der Waals surface area contributed by atoms with E-state index in [1.54, 1.807) is 18.3 Å². The number of benzene rings is 1. The van der Waals surface area contributed by atoms with Gasteiger partial charge in [0.05, 0.1) is 11.1 Å².